The van der Waals surface area contributed by atoms with Crippen LogP contribution in [-0.2, 0) is 0 Å². The highest BCUT2D eigenvalue weighted by atomic mass is 16.1. The number of nitrogens with zero attached hydrogens (tertiary/aromatic N) is 3. The summed E-state index contributed by atoms with van der Waals surface area (Å²) in [7, 11) is 0. The minimum absolute atomic E-state index is 0.0880. The molecule has 0 aromatic carbocycles. The van der Waals surface area contributed by atoms with Gasteiger partial charge in [-0.1, -0.05) is 13.8 Å². The maximum atomic E-state index is 12.0. The molecule has 2 heterocycles. The van der Waals surface area contributed by atoms with Gasteiger partial charge in [-0.25, -0.2) is 4.52 Å². The Hall–Kier alpha value is -1.58. The van der Waals surface area contributed by atoms with Crippen LogP contribution < -0.4 is 5.56 Å². The van der Waals surface area contributed by atoms with E-state index in [0.717, 1.165) is 18.4 Å². The van der Waals surface area contributed by atoms with Crippen LogP contribution in [0.1, 0.15) is 38.3 Å². The number of hydrogen-bond acceptors (Lipinski definition) is 2. The molecule has 0 spiro atoms. The molecule has 1 fully saturated rings. The highest BCUT2D eigenvalue weighted by Crippen LogP contribution is 2.33. The molecule has 16 heavy (non-hydrogen) atoms. The van der Waals surface area contributed by atoms with Crippen LogP contribution in [0.5, 0.6) is 0 Å². The highest BCUT2D eigenvalue weighted by Gasteiger charge is 2.25. The predicted molar refractivity (Wildman–Crippen MR) is 63.8 cm³/mol. The maximum absolute atomic E-state index is 12.0. The molecule has 1 aliphatic carbocycles. The predicted octanol–water partition coefficient (Wildman–Crippen LogP) is 2.17. The summed E-state index contributed by atoms with van der Waals surface area (Å²) in [5, 5.41) is 4.10. The van der Waals surface area contributed by atoms with E-state index in [9.17, 15) is 4.79 Å². The van der Waals surface area contributed by atoms with Crippen molar-refractivity contribution in [3.63, 3.8) is 0 Å². The third kappa shape index (κ3) is 1.64. The van der Waals surface area contributed by atoms with E-state index in [1.807, 2.05) is 37.7 Å². The molecule has 0 amide bonds. The van der Waals surface area contributed by atoms with Gasteiger partial charge in [-0.2, -0.15) is 5.10 Å². The minimum atomic E-state index is 0.0880. The zero-order valence-corrected chi connectivity index (χ0v) is 9.97. The van der Waals surface area contributed by atoms with Crippen molar-refractivity contribution in [3.05, 3.63) is 34.5 Å². The van der Waals surface area contributed by atoms with E-state index in [2.05, 4.69) is 5.10 Å². The molecule has 0 bridgehead atoms. The summed E-state index contributed by atoms with van der Waals surface area (Å²) >= 11 is 0. The van der Waals surface area contributed by atoms with E-state index in [0.29, 0.717) is 11.6 Å². The first kappa shape index (κ1) is 10.9. The largest absolute Gasteiger partial charge is 0.309 e. The Labute approximate surface area is 94.5 Å². The fourth-order valence-electron chi connectivity index (χ4n) is 1.79. The molecule has 0 aliphatic heterocycles. The third-order valence-corrected chi connectivity index (χ3v) is 2.72. The first-order valence-corrected chi connectivity index (χ1v) is 5.82. The summed E-state index contributed by atoms with van der Waals surface area (Å²) in [6.07, 6.45) is 7.67. The van der Waals surface area contributed by atoms with Gasteiger partial charge in [0.05, 0.1) is 6.20 Å². The first-order chi connectivity index (χ1) is 7.77. The second-order valence-corrected chi connectivity index (χ2v) is 3.86. The Balaban J connectivity index is 0.000000457. The molecule has 4 nitrogen and oxygen atoms in total. The molecule has 0 unspecified atom stereocenters. The normalized spacial score (nSPS) is 14.7. The van der Waals surface area contributed by atoms with Crippen LogP contribution in [0.2, 0.25) is 0 Å². The smallest absolute Gasteiger partial charge is 0.277 e. The quantitative estimate of drug-likeness (QED) is 0.737. The molecule has 0 saturated heterocycles. The zero-order chi connectivity index (χ0) is 11.7. The lowest BCUT2D eigenvalue weighted by Crippen LogP contribution is -2.20. The Kier molecular flexibility index (Phi) is 2.81. The molecule has 0 radical (unpaired) electrons. The molecular formula is C12H17N3O. The molecule has 0 atom stereocenters. The van der Waals surface area contributed by atoms with Crippen LogP contribution in [-0.4, -0.2) is 14.2 Å². The summed E-state index contributed by atoms with van der Waals surface area (Å²) < 4.78 is 3.47. The van der Waals surface area contributed by atoms with Crippen LogP contribution in [0, 0.1) is 6.92 Å². The van der Waals surface area contributed by atoms with E-state index < -0.39 is 0 Å². The van der Waals surface area contributed by atoms with Gasteiger partial charge < -0.3 is 4.57 Å². The van der Waals surface area contributed by atoms with Gasteiger partial charge in [0.15, 0.2) is 0 Å². The van der Waals surface area contributed by atoms with Gasteiger partial charge in [0.1, 0.15) is 5.52 Å². The number of aromatic nitrogens is 3. The van der Waals surface area contributed by atoms with Crippen LogP contribution >= 0.6 is 0 Å². The van der Waals surface area contributed by atoms with E-state index in [-0.39, 0.29) is 5.56 Å². The molecule has 86 valence electrons. The molecular weight excluding hydrogens is 202 g/mol. The average Bonchev–Trinajstić information content (AvgIpc) is 3.07. The molecule has 4 heteroatoms. The maximum Gasteiger partial charge on any atom is 0.277 e. The highest BCUT2D eigenvalue weighted by molar-refractivity contribution is 5.50. The minimum Gasteiger partial charge on any atom is -0.309 e. The van der Waals surface area contributed by atoms with Crippen LogP contribution in [0.15, 0.2) is 23.4 Å². The van der Waals surface area contributed by atoms with Crippen LogP contribution in [0.4, 0.5) is 0 Å². The van der Waals surface area contributed by atoms with Crippen LogP contribution in [0.25, 0.3) is 5.52 Å². The second kappa shape index (κ2) is 4.12. The lowest BCUT2D eigenvalue weighted by Gasteiger charge is -2.03. The average molecular weight is 219 g/mol. The standard InChI is InChI=1S/C10H11N3O.C2H6/c1-7-6-11-13-5-4-12(8-2-3-8)10(14)9(7)13;1-2/h4-6,8H,2-3H2,1H3;1-2H3. The van der Waals surface area contributed by atoms with E-state index in [1.165, 1.54) is 0 Å². The van der Waals surface area contributed by atoms with Crippen molar-refractivity contribution in [2.75, 3.05) is 0 Å². The summed E-state index contributed by atoms with van der Waals surface area (Å²) in [5.74, 6) is 0. The summed E-state index contributed by atoms with van der Waals surface area (Å²) in [6.45, 7) is 5.92. The van der Waals surface area contributed by atoms with Gasteiger partial charge in [-0.15, -0.1) is 0 Å². The van der Waals surface area contributed by atoms with E-state index >= 15 is 0 Å². The van der Waals surface area contributed by atoms with Crippen LogP contribution in [0.3, 0.4) is 0 Å². The molecule has 1 saturated carbocycles. The lowest BCUT2D eigenvalue weighted by atomic mass is 10.3. The Morgan fingerprint density at radius 2 is 2.00 bits per heavy atom. The Morgan fingerprint density at radius 3 is 2.62 bits per heavy atom. The number of fused-ring (bicyclic) bond motifs is 1. The van der Waals surface area contributed by atoms with Crippen molar-refractivity contribution in [2.45, 2.75) is 39.7 Å². The van der Waals surface area contributed by atoms with Crippen molar-refractivity contribution in [2.24, 2.45) is 0 Å². The van der Waals surface area contributed by atoms with Crippen molar-refractivity contribution in [3.8, 4) is 0 Å². The summed E-state index contributed by atoms with van der Waals surface area (Å²) in [6, 6.07) is 0.432. The van der Waals surface area contributed by atoms with Crippen molar-refractivity contribution < 1.29 is 0 Å². The zero-order valence-electron chi connectivity index (χ0n) is 9.97. The van der Waals surface area contributed by atoms with Gasteiger partial charge in [0.2, 0.25) is 0 Å². The monoisotopic (exact) mass is 219 g/mol. The number of rotatable bonds is 1. The topological polar surface area (TPSA) is 39.3 Å². The van der Waals surface area contributed by atoms with Crippen molar-refractivity contribution in [1.29, 1.82) is 0 Å². The molecule has 1 aliphatic rings. The first-order valence-electron chi connectivity index (χ1n) is 5.82. The Bertz CT molecular complexity index is 549. The fraction of sp³-hybridized carbons (Fsp3) is 0.500. The Morgan fingerprint density at radius 1 is 1.31 bits per heavy atom. The molecule has 0 N–H and O–H groups in total. The SMILES string of the molecule is CC.Cc1cnn2ccn(C3CC3)c(=O)c12. The van der Waals surface area contributed by atoms with Crippen molar-refractivity contribution >= 4 is 5.52 Å². The second-order valence-electron chi connectivity index (χ2n) is 3.86. The third-order valence-electron chi connectivity index (χ3n) is 2.72. The van der Waals surface area contributed by atoms with E-state index in [4.69, 9.17) is 0 Å². The molecule has 3 rings (SSSR count). The van der Waals surface area contributed by atoms with Gasteiger partial charge in [-0.05, 0) is 19.8 Å². The summed E-state index contributed by atoms with van der Waals surface area (Å²) in [5.41, 5.74) is 1.74. The summed E-state index contributed by atoms with van der Waals surface area (Å²) in [4.78, 5) is 12.0. The molecule has 2 aromatic heterocycles. The van der Waals surface area contributed by atoms with Crippen molar-refractivity contribution in [1.82, 2.24) is 14.2 Å². The van der Waals surface area contributed by atoms with E-state index in [1.54, 1.807) is 10.7 Å². The number of hydrogen-bond donors (Lipinski definition) is 0. The molecule has 2 aromatic rings. The van der Waals surface area contributed by atoms with Gasteiger partial charge in [-0.3, -0.25) is 4.79 Å². The number of aryl methyl sites for hydroxylation is 1. The van der Waals surface area contributed by atoms with Gasteiger partial charge in [0, 0.05) is 24.0 Å². The fourth-order valence-corrected chi connectivity index (χ4v) is 1.79. The van der Waals surface area contributed by atoms with Gasteiger partial charge >= 0.3 is 0 Å². The van der Waals surface area contributed by atoms with Gasteiger partial charge in [0.25, 0.3) is 5.56 Å². The lowest BCUT2D eigenvalue weighted by molar-refractivity contribution is 0.696.